The van der Waals surface area contributed by atoms with Crippen LogP contribution in [0.3, 0.4) is 0 Å². The summed E-state index contributed by atoms with van der Waals surface area (Å²) in [5.41, 5.74) is 5.76. The van der Waals surface area contributed by atoms with Gasteiger partial charge in [-0.15, -0.1) is 12.4 Å². The lowest BCUT2D eigenvalue weighted by Crippen LogP contribution is -2.33. The summed E-state index contributed by atoms with van der Waals surface area (Å²) >= 11 is 0. The van der Waals surface area contributed by atoms with Crippen LogP contribution in [0.15, 0.2) is 18.2 Å². The minimum Gasteiger partial charge on any atom is -0.508 e. The largest absolute Gasteiger partial charge is 0.508 e. The summed E-state index contributed by atoms with van der Waals surface area (Å²) in [7, 11) is 1.22. The third kappa shape index (κ3) is 3.67. The number of hydrogen-bond acceptors (Lipinski definition) is 4. The van der Waals surface area contributed by atoms with Gasteiger partial charge in [0.05, 0.1) is 7.11 Å². The van der Waals surface area contributed by atoms with Crippen molar-refractivity contribution < 1.29 is 19.0 Å². The average Bonchev–Trinajstić information content (AvgIpc) is 2.22. The number of phenolic OH excluding ortho intramolecular Hbond substituents is 1. The quantitative estimate of drug-likeness (QED) is 0.784. The van der Waals surface area contributed by atoms with E-state index in [-0.39, 0.29) is 30.1 Å². The fraction of sp³-hybridized carbons (Fsp3) is 0.300. The van der Waals surface area contributed by atoms with Crippen LogP contribution < -0.4 is 5.73 Å². The zero-order valence-electron chi connectivity index (χ0n) is 8.64. The number of esters is 1. The van der Waals surface area contributed by atoms with Crippen molar-refractivity contribution in [3.05, 3.63) is 29.6 Å². The monoisotopic (exact) mass is 249 g/mol. The lowest BCUT2D eigenvalue weighted by Gasteiger charge is -2.10. The minimum absolute atomic E-state index is 0. The van der Waals surface area contributed by atoms with Crippen LogP contribution in [0.4, 0.5) is 4.39 Å². The Bertz CT molecular complexity index is 373. The van der Waals surface area contributed by atoms with Gasteiger partial charge in [0.25, 0.3) is 0 Å². The second kappa shape index (κ2) is 6.30. The molecule has 0 spiro atoms. The van der Waals surface area contributed by atoms with Crippen molar-refractivity contribution in [1.82, 2.24) is 0 Å². The van der Waals surface area contributed by atoms with Gasteiger partial charge >= 0.3 is 5.97 Å². The lowest BCUT2D eigenvalue weighted by molar-refractivity contribution is -0.142. The molecule has 1 aromatic rings. The number of aromatic hydroxyl groups is 1. The standard InChI is InChI=1S/C10H12FNO3.ClH/c1-15-10(14)8(12)5-6-4-7(11)2-3-9(6)13;/h2-4,8,13H,5,12H2,1H3;1H/t8-;/m1./s1. The van der Waals surface area contributed by atoms with Gasteiger partial charge < -0.3 is 15.6 Å². The molecule has 6 heteroatoms. The molecule has 1 rings (SSSR count). The van der Waals surface area contributed by atoms with Crippen LogP contribution in [0, 0.1) is 5.82 Å². The highest BCUT2D eigenvalue weighted by Gasteiger charge is 2.16. The first kappa shape index (κ1) is 14.7. The molecular weight excluding hydrogens is 237 g/mol. The van der Waals surface area contributed by atoms with Crippen LogP contribution in [0.5, 0.6) is 5.75 Å². The SMILES string of the molecule is COC(=O)[C@H](N)Cc1cc(F)ccc1O.Cl. The number of hydrogen-bond donors (Lipinski definition) is 2. The Labute approximate surface area is 98.6 Å². The van der Waals surface area contributed by atoms with E-state index in [2.05, 4.69) is 4.74 Å². The van der Waals surface area contributed by atoms with Crippen molar-refractivity contribution in [2.45, 2.75) is 12.5 Å². The van der Waals surface area contributed by atoms with Crippen molar-refractivity contribution in [2.24, 2.45) is 5.73 Å². The summed E-state index contributed by atoms with van der Waals surface area (Å²) in [5.74, 6) is -1.17. The van der Waals surface area contributed by atoms with Gasteiger partial charge in [-0.25, -0.2) is 4.39 Å². The molecule has 3 N–H and O–H groups in total. The minimum atomic E-state index is -0.900. The molecule has 0 heterocycles. The summed E-state index contributed by atoms with van der Waals surface area (Å²) in [5, 5.41) is 9.36. The molecule has 0 bridgehead atoms. The fourth-order valence-electron chi connectivity index (χ4n) is 1.19. The Morgan fingerprint density at radius 1 is 1.62 bits per heavy atom. The Balaban J connectivity index is 0.00000225. The molecule has 1 aromatic carbocycles. The first-order valence-electron chi connectivity index (χ1n) is 4.35. The van der Waals surface area contributed by atoms with E-state index in [0.29, 0.717) is 0 Å². The number of rotatable bonds is 3. The zero-order valence-corrected chi connectivity index (χ0v) is 9.46. The summed E-state index contributed by atoms with van der Waals surface area (Å²) < 4.78 is 17.2. The summed E-state index contributed by atoms with van der Waals surface area (Å²) in [6.45, 7) is 0. The number of methoxy groups -OCH3 is 1. The van der Waals surface area contributed by atoms with E-state index in [4.69, 9.17) is 5.73 Å². The van der Waals surface area contributed by atoms with E-state index in [0.717, 1.165) is 12.1 Å². The molecule has 16 heavy (non-hydrogen) atoms. The van der Waals surface area contributed by atoms with E-state index < -0.39 is 17.8 Å². The van der Waals surface area contributed by atoms with Crippen molar-refractivity contribution >= 4 is 18.4 Å². The van der Waals surface area contributed by atoms with Gasteiger partial charge in [0, 0.05) is 6.42 Å². The van der Waals surface area contributed by atoms with Crippen LogP contribution in [-0.2, 0) is 16.0 Å². The van der Waals surface area contributed by atoms with Gasteiger partial charge in [-0.1, -0.05) is 0 Å². The number of phenols is 1. The molecule has 0 radical (unpaired) electrons. The first-order chi connectivity index (χ1) is 7.04. The molecule has 0 unspecified atom stereocenters. The molecule has 4 nitrogen and oxygen atoms in total. The van der Waals surface area contributed by atoms with E-state index in [1.54, 1.807) is 0 Å². The predicted octanol–water partition coefficient (Wildman–Crippen LogP) is 0.996. The Morgan fingerprint density at radius 3 is 2.81 bits per heavy atom. The molecule has 0 saturated heterocycles. The summed E-state index contributed by atoms with van der Waals surface area (Å²) in [6.07, 6.45) is 0.0380. The molecule has 0 aliphatic heterocycles. The maximum atomic E-state index is 12.8. The average molecular weight is 250 g/mol. The summed E-state index contributed by atoms with van der Waals surface area (Å²) in [6, 6.07) is 2.58. The molecule has 0 fully saturated rings. The van der Waals surface area contributed by atoms with Crippen LogP contribution >= 0.6 is 12.4 Å². The van der Waals surface area contributed by atoms with Gasteiger partial charge in [-0.3, -0.25) is 4.79 Å². The highest BCUT2D eigenvalue weighted by Crippen LogP contribution is 2.19. The van der Waals surface area contributed by atoms with Crippen LogP contribution in [-0.4, -0.2) is 24.2 Å². The molecular formula is C10H13ClFNO3. The third-order valence-corrected chi connectivity index (χ3v) is 1.99. The molecule has 0 aliphatic rings. The first-order valence-corrected chi connectivity index (χ1v) is 4.35. The molecule has 0 aliphatic carbocycles. The van der Waals surface area contributed by atoms with Gasteiger partial charge in [0.1, 0.15) is 17.6 Å². The summed E-state index contributed by atoms with van der Waals surface area (Å²) in [4.78, 5) is 11.0. The van der Waals surface area contributed by atoms with E-state index in [1.807, 2.05) is 0 Å². The van der Waals surface area contributed by atoms with Crippen molar-refractivity contribution in [3.8, 4) is 5.75 Å². The van der Waals surface area contributed by atoms with Crippen LogP contribution in [0.25, 0.3) is 0 Å². The van der Waals surface area contributed by atoms with Crippen LogP contribution in [0.1, 0.15) is 5.56 Å². The van der Waals surface area contributed by atoms with E-state index >= 15 is 0 Å². The lowest BCUT2D eigenvalue weighted by atomic mass is 10.1. The van der Waals surface area contributed by atoms with Crippen molar-refractivity contribution in [1.29, 1.82) is 0 Å². The molecule has 0 aromatic heterocycles. The second-order valence-corrected chi connectivity index (χ2v) is 3.11. The number of ether oxygens (including phenoxy) is 1. The number of benzene rings is 1. The molecule has 1 atom stereocenters. The number of carbonyl (C=O) groups excluding carboxylic acids is 1. The van der Waals surface area contributed by atoms with E-state index in [9.17, 15) is 14.3 Å². The van der Waals surface area contributed by atoms with Gasteiger partial charge in [-0.2, -0.15) is 0 Å². The van der Waals surface area contributed by atoms with Crippen LogP contribution in [0.2, 0.25) is 0 Å². The maximum Gasteiger partial charge on any atom is 0.322 e. The number of carbonyl (C=O) groups is 1. The highest BCUT2D eigenvalue weighted by atomic mass is 35.5. The van der Waals surface area contributed by atoms with Gasteiger partial charge in [0.2, 0.25) is 0 Å². The maximum absolute atomic E-state index is 12.8. The molecule has 0 saturated carbocycles. The smallest absolute Gasteiger partial charge is 0.322 e. The Morgan fingerprint density at radius 2 is 2.25 bits per heavy atom. The molecule has 0 amide bonds. The Kier molecular flexibility index (Phi) is 5.77. The highest BCUT2D eigenvalue weighted by molar-refractivity contribution is 5.85. The Hall–Kier alpha value is -1.33. The zero-order chi connectivity index (χ0) is 11.4. The second-order valence-electron chi connectivity index (χ2n) is 3.11. The van der Waals surface area contributed by atoms with E-state index in [1.165, 1.54) is 13.2 Å². The third-order valence-electron chi connectivity index (χ3n) is 1.99. The predicted molar refractivity (Wildman–Crippen MR) is 59.0 cm³/mol. The van der Waals surface area contributed by atoms with Crippen molar-refractivity contribution in [2.75, 3.05) is 7.11 Å². The number of halogens is 2. The molecule has 90 valence electrons. The van der Waals surface area contributed by atoms with Gasteiger partial charge in [0.15, 0.2) is 0 Å². The number of nitrogens with two attached hydrogens (primary N) is 1. The van der Waals surface area contributed by atoms with Crippen molar-refractivity contribution in [3.63, 3.8) is 0 Å². The fourth-order valence-corrected chi connectivity index (χ4v) is 1.19. The van der Waals surface area contributed by atoms with Gasteiger partial charge in [-0.05, 0) is 23.8 Å². The normalized spacial score (nSPS) is 11.4. The topological polar surface area (TPSA) is 72.5 Å².